The van der Waals surface area contributed by atoms with E-state index in [1.165, 1.54) is 0 Å². The molecule has 96 valence electrons. The van der Waals surface area contributed by atoms with E-state index in [0.29, 0.717) is 6.07 Å². The van der Waals surface area contributed by atoms with Crippen molar-refractivity contribution in [2.75, 3.05) is 0 Å². The summed E-state index contributed by atoms with van der Waals surface area (Å²) in [4.78, 5) is 3.45. The van der Waals surface area contributed by atoms with Gasteiger partial charge in [0.25, 0.3) is 0 Å². The van der Waals surface area contributed by atoms with Crippen LogP contribution in [0.2, 0.25) is 0 Å². The van der Waals surface area contributed by atoms with Crippen molar-refractivity contribution in [3.63, 3.8) is 0 Å². The molecule has 8 heteroatoms. The molecule has 0 saturated heterocycles. The third-order valence-corrected chi connectivity index (χ3v) is 1.81. The molecular formula is C9H10ClF4N3. The first-order valence-corrected chi connectivity index (χ1v) is 4.21. The molecule has 0 saturated carbocycles. The van der Waals surface area contributed by atoms with Gasteiger partial charge in [-0.1, -0.05) is 6.07 Å². The number of guanidine groups is 1. The van der Waals surface area contributed by atoms with Crippen LogP contribution in [0, 0.1) is 5.82 Å². The molecule has 0 unspecified atom stereocenters. The lowest BCUT2D eigenvalue weighted by Gasteiger charge is -2.11. The molecule has 0 aliphatic rings. The fourth-order valence-corrected chi connectivity index (χ4v) is 1.13. The predicted molar refractivity (Wildman–Crippen MR) is 58.2 cm³/mol. The highest BCUT2D eigenvalue weighted by Gasteiger charge is 2.33. The van der Waals surface area contributed by atoms with Crippen LogP contribution in [0.5, 0.6) is 0 Å². The van der Waals surface area contributed by atoms with Gasteiger partial charge in [-0.05, 0) is 17.7 Å². The van der Waals surface area contributed by atoms with E-state index in [1.54, 1.807) is 0 Å². The topological polar surface area (TPSA) is 64.4 Å². The number of hydrogen-bond donors (Lipinski definition) is 2. The normalized spacial score (nSPS) is 10.6. The van der Waals surface area contributed by atoms with Crippen molar-refractivity contribution in [1.82, 2.24) is 0 Å². The Morgan fingerprint density at radius 3 is 2.29 bits per heavy atom. The van der Waals surface area contributed by atoms with E-state index in [4.69, 9.17) is 11.5 Å². The molecule has 0 radical (unpaired) electrons. The molecule has 0 aliphatic heterocycles. The number of benzene rings is 1. The Morgan fingerprint density at radius 1 is 1.24 bits per heavy atom. The maximum atomic E-state index is 12.7. The van der Waals surface area contributed by atoms with Gasteiger partial charge in [0.2, 0.25) is 0 Å². The lowest BCUT2D eigenvalue weighted by molar-refractivity contribution is -0.138. The van der Waals surface area contributed by atoms with Gasteiger partial charge in [0.1, 0.15) is 5.82 Å². The van der Waals surface area contributed by atoms with Crippen LogP contribution >= 0.6 is 12.4 Å². The van der Waals surface area contributed by atoms with Crippen LogP contribution in [0.4, 0.5) is 17.6 Å². The highest BCUT2D eigenvalue weighted by atomic mass is 35.5. The second-order valence-corrected chi connectivity index (χ2v) is 3.04. The number of rotatable bonds is 2. The molecule has 0 aliphatic carbocycles. The molecule has 0 aromatic heterocycles. The Labute approximate surface area is 101 Å². The van der Waals surface area contributed by atoms with Crippen LogP contribution in [-0.4, -0.2) is 5.96 Å². The smallest absolute Gasteiger partial charge is 0.370 e. The Morgan fingerprint density at radius 2 is 1.82 bits per heavy atom. The predicted octanol–water partition coefficient (Wildman–Crippen LogP) is 2.04. The van der Waals surface area contributed by atoms with Crippen molar-refractivity contribution in [2.45, 2.75) is 12.7 Å². The number of hydrogen-bond acceptors (Lipinski definition) is 1. The third-order valence-electron chi connectivity index (χ3n) is 1.81. The fraction of sp³-hybridized carbons (Fsp3) is 0.222. The first kappa shape index (κ1) is 15.5. The van der Waals surface area contributed by atoms with E-state index >= 15 is 0 Å². The summed E-state index contributed by atoms with van der Waals surface area (Å²) in [7, 11) is 0. The second-order valence-electron chi connectivity index (χ2n) is 3.04. The summed E-state index contributed by atoms with van der Waals surface area (Å²) in [5, 5.41) is 0. The molecule has 3 nitrogen and oxygen atoms in total. The van der Waals surface area contributed by atoms with Crippen LogP contribution in [0.3, 0.4) is 0 Å². The lowest BCUT2D eigenvalue weighted by Crippen LogP contribution is -2.23. The fourth-order valence-electron chi connectivity index (χ4n) is 1.13. The summed E-state index contributed by atoms with van der Waals surface area (Å²) < 4.78 is 50.1. The Kier molecular flexibility index (Phi) is 5.21. The first-order valence-electron chi connectivity index (χ1n) is 4.21. The van der Waals surface area contributed by atoms with E-state index in [1.807, 2.05) is 0 Å². The van der Waals surface area contributed by atoms with E-state index in [9.17, 15) is 17.6 Å². The zero-order valence-corrected chi connectivity index (χ0v) is 9.28. The van der Waals surface area contributed by atoms with Crippen LogP contribution in [0.15, 0.2) is 23.2 Å². The zero-order chi connectivity index (χ0) is 12.3. The summed E-state index contributed by atoms with van der Waals surface area (Å²) >= 11 is 0. The summed E-state index contributed by atoms with van der Waals surface area (Å²) in [5.41, 5.74) is 8.75. The quantitative estimate of drug-likeness (QED) is 0.491. The summed E-state index contributed by atoms with van der Waals surface area (Å²) in [5.74, 6) is -1.28. The van der Waals surface area contributed by atoms with E-state index in [2.05, 4.69) is 4.99 Å². The Balaban J connectivity index is 0.00000256. The minimum absolute atomic E-state index is 0. The third kappa shape index (κ3) is 4.48. The standard InChI is InChI=1S/C9H9F4N3.ClH/c10-6-2-1-5(4-16-8(14)15)7(3-6)9(11,12)13;/h1-3H,4H2,(H4,14,15,16);1H. The van der Waals surface area contributed by atoms with Gasteiger partial charge < -0.3 is 11.5 Å². The molecule has 17 heavy (non-hydrogen) atoms. The molecule has 1 aromatic carbocycles. The maximum absolute atomic E-state index is 12.7. The number of nitrogens with two attached hydrogens (primary N) is 2. The van der Waals surface area contributed by atoms with Crippen molar-refractivity contribution >= 4 is 18.4 Å². The number of nitrogens with zero attached hydrogens (tertiary/aromatic N) is 1. The molecule has 0 atom stereocenters. The lowest BCUT2D eigenvalue weighted by atomic mass is 10.1. The van der Waals surface area contributed by atoms with Crippen LogP contribution in [-0.2, 0) is 12.7 Å². The van der Waals surface area contributed by atoms with Gasteiger partial charge in [-0.2, -0.15) is 13.2 Å². The molecule has 0 bridgehead atoms. The molecule has 0 amide bonds. The van der Waals surface area contributed by atoms with Gasteiger partial charge in [0, 0.05) is 0 Å². The van der Waals surface area contributed by atoms with E-state index in [0.717, 1.165) is 12.1 Å². The Bertz CT molecular complexity index is 413. The summed E-state index contributed by atoms with van der Waals surface area (Å²) in [6.45, 7) is -0.336. The van der Waals surface area contributed by atoms with Crippen molar-refractivity contribution in [1.29, 1.82) is 0 Å². The van der Waals surface area contributed by atoms with Crippen LogP contribution in [0.1, 0.15) is 11.1 Å². The van der Waals surface area contributed by atoms with Gasteiger partial charge in [-0.25, -0.2) is 9.38 Å². The van der Waals surface area contributed by atoms with Crippen LogP contribution < -0.4 is 11.5 Å². The largest absolute Gasteiger partial charge is 0.416 e. The average Bonchev–Trinajstić information content (AvgIpc) is 2.14. The van der Waals surface area contributed by atoms with Gasteiger partial charge >= 0.3 is 6.18 Å². The second kappa shape index (κ2) is 5.72. The van der Waals surface area contributed by atoms with Crippen molar-refractivity contribution < 1.29 is 17.6 Å². The van der Waals surface area contributed by atoms with Gasteiger partial charge in [0.15, 0.2) is 5.96 Å². The molecule has 0 spiro atoms. The number of halogens is 5. The van der Waals surface area contributed by atoms with Gasteiger partial charge in [-0.15, -0.1) is 12.4 Å². The highest BCUT2D eigenvalue weighted by Crippen LogP contribution is 2.32. The van der Waals surface area contributed by atoms with Gasteiger partial charge in [0.05, 0.1) is 12.1 Å². The SMILES string of the molecule is Cl.NC(N)=NCc1ccc(F)cc1C(F)(F)F. The molecule has 4 N–H and O–H groups in total. The molecule has 0 fully saturated rings. The maximum Gasteiger partial charge on any atom is 0.416 e. The van der Waals surface area contributed by atoms with Crippen LogP contribution in [0.25, 0.3) is 0 Å². The van der Waals surface area contributed by atoms with E-state index < -0.39 is 17.6 Å². The first-order chi connectivity index (χ1) is 7.30. The minimum atomic E-state index is -4.63. The Hall–Kier alpha value is -1.50. The summed E-state index contributed by atoms with van der Waals surface area (Å²) in [6, 6.07) is 2.34. The number of alkyl halides is 3. The minimum Gasteiger partial charge on any atom is -0.370 e. The monoisotopic (exact) mass is 271 g/mol. The molecule has 0 heterocycles. The highest BCUT2D eigenvalue weighted by molar-refractivity contribution is 5.85. The summed E-state index contributed by atoms with van der Waals surface area (Å²) in [6.07, 6.45) is -4.63. The van der Waals surface area contributed by atoms with Crippen molar-refractivity contribution in [3.8, 4) is 0 Å². The number of aliphatic imine (C=N–C) groups is 1. The molecular weight excluding hydrogens is 262 g/mol. The van der Waals surface area contributed by atoms with E-state index in [-0.39, 0.29) is 30.5 Å². The van der Waals surface area contributed by atoms with Gasteiger partial charge in [-0.3, -0.25) is 0 Å². The zero-order valence-electron chi connectivity index (χ0n) is 8.46. The molecule has 1 aromatic rings. The van der Waals surface area contributed by atoms with Crippen molar-refractivity contribution in [3.05, 3.63) is 35.1 Å². The molecule has 1 rings (SSSR count). The average molecular weight is 272 g/mol. The van der Waals surface area contributed by atoms with Crippen molar-refractivity contribution in [2.24, 2.45) is 16.5 Å².